The summed E-state index contributed by atoms with van der Waals surface area (Å²) in [6.07, 6.45) is 4.38. The molecule has 0 atom stereocenters. The molecule has 1 amide bonds. The molecule has 0 aliphatic carbocycles. The molecule has 1 aromatic heterocycles. The van der Waals surface area contributed by atoms with Gasteiger partial charge in [0.2, 0.25) is 5.88 Å². The third-order valence-corrected chi connectivity index (χ3v) is 5.18. The molecule has 0 spiro atoms. The van der Waals surface area contributed by atoms with Crippen LogP contribution in [0.25, 0.3) is 0 Å². The van der Waals surface area contributed by atoms with Gasteiger partial charge in [-0.1, -0.05) is 37.0 Å². The predicted molar refractivity (Wildman–Crippen MR) is 125 cm³/mol. The maximum absolute atomic E-state index is 12.1. The highest BCUT2D eigenvalue weighted by atomic mass is 35.5. The molecule has 1 saturated heterocycles. The number of hydrogen-bond acceptors (Lipinski definition) is 5. The molecule has 1 aromatic carbocycles. The Labute approximate surface area is 194 Å². The van der Waals surface area contributed by atoms with Crippen molar-refractivity contribution >= 4 is 29.1 Å². The Morgan fingerprint density at radius 2 is 1.74 bits per heavy atom. The number of piperidine rings is 1. The van der Waals surface area contributed by atoms with Gasteiger partial charge in [-0.2, -0.15) is 0 Å². The summed E-state index contributed by atoms with van der Waals surface area (Å²) in [4.78, 5) is 18.6. The van der Waals surface area contributed by atoms with Crippen LogP contribution in [0.15, 0.2) is 42.6 Å². The van der Waals surface area contributed by atoms with E-state index in [4.69, 9.17) is 32.7 Å². The first-order valence-electron chi connectivity index (χ1n) is 10.7. The van der Waals surface area contributed by atoms with Crippen LogP contribution in [-0.2, 0) is 4.79 Å². The van der Waals surface area contributed by atoms with E-state index in [-0.39, 0.29) is 18.6 Å². The molecule has 8 heteroatoms. The quantitative estimate of drug-likeness (QED) is 0.534. The van der Waals surface area contributed by atoms with Gasteiger partial charge in [0, 0.05) is 43.0 Å². The van der Waals surface area contributed by atoms with E-state index < -0.39 is 0 Å². The minimum atomic E-state index is -0.0951. The number of nitrogens with one attached hydrogen (secondary N) is 1. The monoisotopic (exact) mass is 467 g/mol. The predicted octanol–water partition coefficient (Wildman–Crippen LogP) is 4.84. The van der Waals surface area contributed by atoms with Crippen molar-refractivity contribution in [2.75, 3.05) is 32.8 Å². The maximum atomic E-state index is 12.1. The second kappa shape index (κ2) is 14.1. The van der Waals surface area contributed by atoms with E-state index in [2.05, 4.69) is 15.2 Å². The lowest BCUT2D eigenvalue weighted by atomic mass is 10.0. The van der Waals surface area contributed by atoms with Crippen molar-refractivity contribution in [3.05, 3.63) is 52.6 Å². The standard InChI is InChI=1S/C21H25Cl2N3O3.C2H6/c22-16-2-5-19(6-3-16)29-15-20(27)25-18-8-11-26(12-9-18)10-1-13-28-21-7-4-17(23)14-24-21;1-2/h2-7,14,18H,1,8-13,15H2,(H,25,27);1-2H3. The molecule has 0 unspecified atom stereocenters. The van der Waals surface area contributed by atoms with Crippen molar-refractivity contribution in [1.82, 2.24) is 15.2 Å². The Morgan fingerprint density at radius 3 is 2.39 bits per heavy atom. The largest absolute Gasteiger partial charge is 0.484 e. The number of benzene rings is 1. The minimum Gasteiger partial charge on any atom is -0.484 e. The van der Waals surface area contributed by atoms with Crippen molar-refractivity contribution in [3.8, 4) is 11.6 Å². The van der Waals surface area contributed by atoms with Gasteiger partial charge in [0.1, 0.15) is 5.75 Å². The van der Waals surface area contributed by atoms with E-state index in [1.54, 1.807) is 42.6 Å². The molecular formula is C23H31Cl2N3O3. The van der Waals surface area contributed by atoms with E-state index in [9.17, 15) is 4.79 Å². The summed E-state index contributed by atoms with van der Waals surface area (Å²) in [6, 6.07) is 10.7. The highest BCUT2D eigenvalue weighted by Gasteiger charge is 2.20. The van der Waals surface area contributed by atoms with Crippen LogP contribution in [0.4, 0.5) is 0 Å². The Hall–Kier alpha value is -2.02. The first-order chi connectivity index (χ1) is 15.1. The van der Waals surface area contributed by atoms with Crippen molar-refractivity contribution in [2.45, 2.75) is 39.2 Å². The van der Waals surface area contributed by atoms with Crippen LogP contribution >= 0.6 is 23.2 Å². The maximum Gasteiger partial charge on any atom is 0.258 e. The van der Waals surface area contributed by atoms with Gasteiger partial charge in [0.25, 0.3) is 5.91 Å². The zero-order valence-corrected chi connectivity index (χ0v) is 19.7. The molecular weight excluding hydrogens is 437 g/mol. The summed E-state index contributed by atoms with van der Waals surface area (Å²) < 4.78 is 11.1. The number of hydrogen-bond donors (Lipinski definition) is 1. The lowest BCUT2D eigenvalue weighted by molar-refractivity contribution is -0.124. The van der Waals surface area contributed by atoms with Gasteiger partial charge in [-0.25, -0.2) is 4.98 Å². The average Bonchev–Trinajstić information content (AvgIpc) is 2.80. The number of aromatic nitrogens is 1. The van der Waals surface area contributed by atoms with Crippen molar-refractivity contribution in [3.63, 3.8) is 0 Å². The molecule has 2 aromatic rings. The van der Waals surface area contributed by atoms with Crippen LogP contribution in [-0.4, -0.2) is 54.7 Å². The second-order valence-electron chi connectivity index (χ2n) is 6.94. The van der Waals surface area contributed by atoms with Crippen LogP contribution in [0.5, 0.6) is 11.6 Å². The molecule has 1 N–H and O–H groups in total. The van der Waals surface area contributed by atoms with Crippen molar-refractivity contribution < 1.29 is 14.3 Å². The molecule has 1 fully saturated rings. The van der Waals surface area contributed by atoms with Crippen LogP contribution in [0, 0.1) is 0 Å². The van der Waals surface area contributed by atoms with Crippen LogP contribution in [0.3, 0.4) is 0 Å². The van der Waals surface area contributed by atoms with Gasteiger partial charge >= 0.3 is 0 Å². The van der Waals surface area contributed by atoms with E-state index in [0.717, 1.165) is 38.9 Å². The van der Waals surface area contributed by atoms with Gasteiger partial charge in [0.15, 0.2) is 6.61 Å². The van der Waals surface area contributed by atoms with Crippen LogP contribution in [0.1, 0.15) is 33.1 Å². The van der Waals surface area contributed by atoms with Crippen LogP contribution in [0.2, 0.25) is 10.0 Å². The normalized spacial score (nSPS) is 14.3. The molecule has 0 radical (unpaired) electrons. The zero-order valence-electron chi connectivity index (χ0n) is 18.2. The Balaban J connectivity index is 0.00000166. The molecule has 0 saturated carbocycles. The first kappa shape index (κ1) is 25.2. The summed E-state index contributed by atoms with van der Waals surface area (Å²) in [6.45, 7) is 7.52. The fourth-order valence-electron chi connectivity index (χ4n) is 3.16. The van der Waals surface area contributed by atoms with Gasteiger partial charge in [-0.3, -0.25) is 4.79 Å². The number of carbonyl (C=O) groups is 1. The number of nitrogens with zero attached hydrogens (tertiary/aromatic N) is 2. The SMILES string of the molecule is CC.O=C(COc1ccc(Cl)cc1)NC1CCN(CCCOc2ccc(Cl)cn2)CC1. The van der Waals surface area contributed by atoms with Gasteiger partial charge in [-0.15, -0.1) is 0 Å². The third-order valence-electron chi connectivity index (χ3n) is 4.71. The Kier molecular flexibility index (Phi) is 11.5. The summed E-state index contributed by atoms with van der Waals surface area (Å²) >= 11 is 11.6. The molecule has 1 aliphatic rings. The highest BCUT2D eigenvalue weighted by Crippen LogP contribution is 2.16. The molecule has 0 bridgehead atoms. The smallest absolute Gasteiger partial charge is 0.258 e. The number of halogens is 2. The van der Waals surface area contributed by atoms with Crippen molar-refractivity contribution in [1.29, 1.82) is 0 Å². The molecule has 6 nitrogen and oxygen atoms in total. The number of ether oxygens (including phenoxy) is 2. The van der Waals surface area contributed by atoms with E-state index >= 15 is 0 Å². The number of pyridine rings is 1. The summed E-state index contributed by atoms with van der Waals surface area (Å²) in [5, 5.41) is 4.30. The van der Waals surface area contributed by atoms with Gasteiger partial charge in [-0.05, 0) is 49.6 Å². The first-order valence-corrected chi connectivity index (χ1v) is 11.5. The minimum absolute atomic E-state index is 0.0118. The summed E-state index contributed by atoms with van der Waals surface area (Å²) in [5.74, 6) is 1.13. The topological polar surface area (TPSA) is 63.7 Å². The Morgan fingerprint density at radius 1 is 1.06 bits per heavy atom. The summed E-state index contributed by atoms with van der Waals surface area (Å²) in [5.41, 5.74) is 0. The molecule has 3 rings (SSSR count). The highest BCUT2D eigenvalue weighted by molar-refractivity contribution is 6.30. The van der Waals surface area contributed by atoms with E-state index in [1.165, 1.54) is 0 Å². The zero-order chi connectivity index (χ0) is 22.5. The fraction of sp³-hybridized carbons (Fsp3) is 0.478. The molecule has 2 heterocycles. The number of likely N-dealkylation sites (tertiary alicyclic amines) is 1. The lowest BCUT2D eigenvalue weighted by Crippen LogP contribution is -2.46. The Bertz CT molecular complexity index is 765. The lowest BCUT2D eigenvalue weighted by Gasteiger charge is -2.32. The van der Waals surface area contributed by atoms with Gasteiger partial charge < -0.3 is 19.7 Å². The second-order valence-corrected chi connectivity index (χ2v) is 7.82. The molecule has 31 heavy (non-hydrogen) atoms. The summed E-state index contributed by atoms with van der Waals surface area (Å²) in [7, 11) is 0. The molecule has 1 aliphatic heterocycles. The van der Waals surface area contributed by atoms with Gasteiger partial charge in [0.05, 0.1) is 11.6 Å². The third kappa shape index (κ3) is 9.76. The molecule has 170 valence electrons. The van der Waals surface area contributed by atoms with E-state index in [1.807, 2.05) is 13.8 Å². The van der Waals surface area contributed by atoms with Crippen molar-refractivity contribution in [2.24, 2.45) is 0 Å². The number of amides is 1. The van der Waals surface area contributed by atoms with E-state index in [0.29, 0.717) is 28.3 Å². The average molecular weight is 468 g/mol. The fourth-order valence-corrected chi connectivity index (χ4v) is 3.40. The number of carbonyl (C=O) groups excluding carboxylic acids is 1. The number of rotatable bonds is 9. The van der Waals surface area contributed by atoms with Crippen LogP contribution < -0.4 is 14.8 Å².